The van der Waals surface area contributed by atoms with Crippen molar-refractivity contribution in [1.82, 2.24) is 15.1 Å². The Hall–Kier alpha value is -1.61. The summed E-state index contributed by atoms with van der Waals surface area (Å²) < 4.78 is 1.88. The lowest BCUT2D eigenvalue weighted by Crippen LogP contribution is -2.31. The van der Waals surface area contributed by atoms with Gasteiger partial charge >= 0.3 is 0 Å². The van der Waals surface area contributed by atoms with E-state index in [9.17, 15) is 0 Å². The molecule has 0 spiro atoms. The Morgan fingerprint density at radius 2 is 1.76 bits per heavy atom. The van der Waals surface area contributed by atoms with Crippen LogP contribution in [0, 0.1) is 12.8 Å². The van der Waals surface area contributed by atoms with Crippen molar-refractivity contribution in [2.75, 3.05) is 6.54 Å². The smallest absolute Gasteiger partial charge is 0.0521 e. The van der Waals surface area contributed by atoms with Crippen molar-refractivity contribution in [1.29, 1.82) is 0 Å². The van der Waals surface area contributed by atoms with Crippen molar-refractivity contribution in [2.45, 2.75) is 39.7 Å². The van der Waals surface area contributed by atoms with Gasteiger partial charge in [-0.2, -0.15) is 5.10 Å². The fraction of sp³-hybridized carbons (Fsp3) is 0.500. The average Bonchev–Trinajstić information content (AvgIpc) is 2.84. The maximum atomic E-state index is 4.28. The summed E-state index contributed by atoms with van der Waals surface area (Å²) in [5.41, 5.74) is 4.06. The predicted octanol–water partition coefficient (Wildman–Crippen LogP) is 3.13. The van der Waals surface area contributed by atoms with Gasteiger partial charge in [0.1, 0.15) is 0 Å². The Morgan fingerprint density at radius 3 is 2.33 bits per heavy atom. The SMILES string of the molecule is Cc1ccc(CC(CNC(C)C)Cc2cnn(C)c2)cc1. The summed E-state index contributed by atoms with van der Waals surface area (Å²) >= 11 is 0. The molecule has 1 N–H and O–H groups in total. The van der Waals surface area contributed by atoms with Crippen LogP contribution < -0.4 is 5.32 Å². The van der Waals surface area contributed by atoms with E-state index in [1.165, 1.54) is 16.7 Å². The van der Waals surface area contributed by atoms with E-state index >= 15 is 0 Å². The highest BCUT2D eigenvalue weighted by atomic mass is 15.2. The fourth-order valence-corrected chi connectivity index (χ4v) is 2.59. The molecule has 0 aliphatic carbocycles. The zero-order valence-electron chi connectivity index (χ0n) is 13.6. The normalized spacial score (nSPS) is 12.8. The van der Waals surface area contributed by atoms with Gasteiger partial charge in [0.05, 0.1) is 6.20 Å². The fourth-order valence-electron chi connectivity index (χ4n) is 2.59. The monoisotopic (exact) mass is 285 g/mol. The van der Waals surface area contributed by atoms with Crippen LogP contribution in [-0.2, 0) is 19.9 Å². The minimum Gasteiger partial charge on any atom is -0.314 e. The van der Waals surface area contributed by atoms with Crippen LogP contribution in [0.4, 0.5) is 0 Å². The van der Waals surface area contributed by atoms with Gasteiger partial charge in [-0.25, -0.2) is 0 Å². The first-order chi connectivity index (χ1) is 10.0. The van der Waals surface area contributed by atoms with E-state index in [4.69, 9.17) is 0 Å². The molecule has 2 aromatic rings. The summed E-state index contributed by atoms with van der Waals surface area (Å²) in [7, 11) is 1.98. The summed E-state index contributed by atoms with van der Waals surface area (Å²) in [6, 6.07) is 9.43. The maximum absolute atomic E-state index is 4.28. The molecule has 0 fully saturated rings. The van der Waals surface area contributed by atoms with Gasteiger partial charge in [0.2, 0.25) is 0 Å². The molecule has 0 aliphatic heterocycles. The van der Waals surface area contributed by atoms with Gasteiger partial charge in [-0.3, -0.25) is 4.68 Å². The summed E-state index contributed by atoms with van der Waals surface area (Å²) in [6.45, 7) is 7.58. The molecule has 3 nitrogen and oxygen atoms in total. The van der Waals surface area contributed by atoms with Crippen molar-refractivity contribution in [3.05, 3.63) is 53.3 Å². The van der Waals surface area contributed by atoms with Crippen LogP contribution in [0.15, 0.2) is 36.7 Å². The van der Waals surface area contributed by atoms with Crippen molar-refractivity contribution in [3.63, 3.8) is 0 Å². The average molecular weight is 285 g/mol. The highest BCUT2D eigenvalue weighted by Crippen LogP contribution is 2.15. The predicted molar refractivity (Wildman–Crippen MR) is 88.4 cm³/mol. The summed E-state index contributed by atoms with van der Waals surface area (Å²) in [5.74, 6) is 0.597. The molecule has 0 saturated heterocycles. The summed E-state index contributed by atoms with van der Waals surface area (Å²) in [4.78, 5) is 0. The third kappa shape index (κ3) is 5.35. The van der Waals surface area contributed by atoms with Crippen molar-refractivity contribution >= 4 is 0 Å². The first kappa shape index (κ1) is 15.8. The Morgan fingerprint density at radius 1 is 1.10 bits per heavy atom. The molecule has 1 atom stereocenters. The quantitative estimate of drug-likeness (QED) is 0.847. The van der Waals surface area contributed by atoms with Crippen LogP contribution in [0.2, 0.25) is 0 Å². The highest BCUT2D eigenvalue weighted by Gasteiger charge is 2.12. The number of aromatic nitrogens is 2. The molecule has 2 rings (SSSR count). The topological polar surface area (TPSA) is 29.9 Å². The molecular formula is C18H27N3. The van der Waals surface area contributed by atoms with Crippen LogP contribution >= 0.6 is 0 Å². The molecule has 0 amide bonds. The van der Waals surface area contributed by atoms with Gasteiger partial charge in [0, 0.05) is 19.3 Å². The minimum atomic E-state index is 0.527. The Bertz CT molecular complexity index is 540. The van der Waals surface area contributed by atoms with E-state index in [0.29, 0.717) is 12.0 Å². The van der Waals surface area contributed by atoms with E-state index < -0.39 is 0 Å². The van der Waals surface area contributed by atoms with Gasteiger partial charge in [-0.15, -0.1) is 0 Å². The number of hydrogen-bond donors (Lipinski definition) is 1. The van der Waals surface area contributed by atoms with Crippen LogP contribution in [0.25, 0.3) is 0 Å². The van der Waals surface area contributed by atoms with Crippen molar-refractivity contribution in [3.8, 4) is 0 Å². The molecule has 21 heavy (non-hydrogen) atoms. The Balaban J connectivity index is 2.02. The zero-order chi connectivity index (χ0) is 15.2. The van der Waals surface area contributed by atoms with E-state index in [0.717, 1.165) is 19.4 Å². The molecule has 0 bridgehead atoms. The van der Waals surface area contributed by atoms with Crippen LogP contribution in [0.1, 0.15) is 30.5 Å². The number of rotatable bonds is 7. The molecule has 0 saturated carbocycles. The molecule has 3 heteroatoms. The minimum absolute atomic E-state index is 0.527. The second-order valence-electron chi connectivity index (χ2n) is 6.35. The second-order valence-corrected chi connectivity index (χ2v) is 6.35. The van der Waals surface area contributed by atoms with Gasteiger partial charge < -0.3 is 5.32 Å². The molecule has 114 valence electrons. The first-order valence-electron chi connectivity index (χ1n) is 7.79. The molecule has 1 aromatic heterocycles. The summed E-state index contributed by atoms with van der Waals surface area (Å²) in [6.07, 6.45) is 6.28. The van der Waals surface area contributed by atoms with E-state index in [-0.39, 0.29) is 0 Å². The largest absolute Gasteiger partial charge is 0.314 e. The lowest BCUT2D eigenvalue weighted by atomic mass is 9.93. The molecular weight excluding hydrogens is 258 g/mol. The standard InChI is InChI=1S/C18H27N3/c1-14(2)19-11-17(10-18-12-20-21(4)13-18)9-16-7-5-15(3)6-8-16/h5-8,12-14,17,19H,9-11H2,1-4H3. The first-order valence-corrected chi connectivity index (χ1v) is 7.79. The van der Waals surface area contributed by atoms with E-state index in [2.05, 4.69) is 61.6 Å². The molecule has 1 heterocycles. The number of hydrogen-bond acceptors (Lipinski definition) is 2. The molecule has 0 aliphatic rings. The Kier molecular flexibility index (Phi) is 5.57. The van der Waals surface area contributed by atoms with Gasteiger partial charge in [0.25, 0.3) is 0 Å². The van der Waals surface area contributed by atoms with E-state index in [1.54, 1.807) is 0 Å². The third-order valence-corrected chi connectivity index (χ3v) is 3.74. The zero-order valence-corrected chi connectivity index (χ0v) is 13.6. The maximum Gasteiger partial charge on any atom is 0.0521 e. The lowest BCUT2D eigenvalue weighted by Gasteiger charge is -2.19. The Labute approximate surface area is 128 Å². The third-order valence-electron chi connectivity index (χ3n) is 3.74. The van der Waals surface area contributed by atoms with E-state index in [1.807, 2.05) is 17.9 Å². The van der Waals surface area contributed by atoms with Crippen LogP contribution in [0.5, 0.6) is 0 Å². The molecule has 1 unspecified atom stereocenters. The highest BCUT2D eigenvalue weighted by molar-refractivity contribution is 5.22. The number of aryl methyl sites for hydroxylation is 2. The molecule has 0 radical (unpaired) electrons. The van der Waals surface area contributed by atoms with Gasteiger partial charge in [-0.1, -0.05) is 43.7 Å². The van der Waals surface area contributed by atoms with Crippen molar-refractivity contribution < 1.29 is 0 Å². The number of nitrogens with zero attached hydrogens (tertiary/aromatic N) is 2. The van der Waals surface area contributed by atoms with Crippen LogP contribution in [-0.4, -0.2) is 22.4 Å². The van der Waals surface area contributed by atoms with Gasteiger partial charge in [-0.05, 0) is 43.4 Å². The summed E-state index contributed by atoms with van der Waals surface area (Å²) in [5, 5.41) is 7.86. The lowest BCUT2D eigenvalue weighted by molar-refractivity contribution is 0.444. The number of benzene rings is 1. The molecule has 1 aromatic carbocycles. The van der Waals surface area contributed by atoms with Crippen LogP contribution in [0.3, 0.4) is 0 Å². The van der Waals surface area contributed by atoms with Gasteiger partial charge in [0.15, 0.2) is 0 Å². The second kappa shape index (κ2) is 7.41. The number of nitrogens with one attached hydrogen (secondary N) is 1. The van der Waals surface area contributed by atoms with Crippen molar-refractivity contribution in [2.24, 2.45) is 13.0 Å².